The standard InChI is InChI=1S/C22H20ClN5O2/c1-14(16-6-4-3-5-7-16)12-24-21(29)22-25-20(27-30-22)19-13-28(26-15(19)2)18-10-8-17(23)9-11-18/h3-11,13-14H,12H2,1-2H3,(H,24,29)/t14-/m1/s1. The number of aromatic nitrogens is 4. The zero-order valence-electron chi connectivity index (χ0n) is 16.5. The van der Waals surface area contributed by atoms with Crippen molar-refractivity contribution in [2.45, 2.75) is 19.8 Å². The summed E-state index contributed by atoms with van der Waals surface area (Å²) in [5.74, 6) is -0.00505. The molecule has 4 rings (SSSR count). The van der Waals surface area contributed by atoms with E-state index in [4.69, 9.17) is 16.1 Å². The first-order valence-corrected chi connectivity index (χ1v) is 9.88. The summed E-state index contributed by atoms with van der Waals surface area (Å²) in [7, 11) is 0. The summed E-state index contributed by atoms with van der Waals surface area (Å²) in [5, 5.41) is 11.9. The van der Waals surface area contributed by atoms with Gasteiger partial charge in [0.15, 0.2) is 0 Å². The van der Waals surface area contributed by atoms with Gasteiger partial charge in [-0.3, -0.25) is 4.79 Å². The van der Waals surface area contributed by atoms with E-state index in [0.717, 1.165) is 16.9 Å². The molecular formula is C22H20ClN5O2. The summed E-state index contributed by atoms with van der Waals surface area (Å²) in [6.45, 7) is 4.36. The summed E-state index contributed by atoms with van der Waals surface area (Å²) in [4.78, 5) is 16.7. The molecule has 2 aromatic carbocycles. The molecule has 0 aliphatic carbocycles. The first-order chi connectivity index (χ1) is 14.5. The number of nitrogens with zero attached hydrogens (tertiary/aromatic N) is 4. The Labute approximate surface area is 178 Å². The molecule has 0 saturated heterocycles. The number of nitrogens with one attached hydrogen (secondary N) is 1. The normalized spacial score (nSPS) is 12.0. The quantitative estimate of drug-likeness (QED) is 0.498. The lowest BCUT2D eigenvalue weighted by Gasteiger charge is -2.11. The number of carbonyl (C=O) groups is 1. The molecule has 30 heavy (non-hydrogen) atoms. The highest BCUT2D eigenvalue weighted by atomic mass is 35.5. The van der Waals surface area contributed by atoms with E-state index in [1.54, 1.807) is 23.0 Å². The van der Waals surface area contributed by atoms with Gasteiger partial charge in [0.25, 0.3) is 0 Å². The molecule has 0 saturated carbocycles. The van der Waals surface area contributed by atoms with Gasteiger partial charge >= 0.3 is 11.8 Å². The molecule has 1 N–H and O–H groups in total. The maximum Gasteiger partial charge on any atom is 0.316 e. The fourth-order valence-corrected chi connectivity index (χ4v) is 3.18. The van der Waals surface area contributed by atoms with E-state index in [9.17, 15) is 4.79 Å². The number of rotatable bonds is 6. The maximum atomic E-state index is 12.4. The summed E-state index contributed by atoms with van der Waals surface area (Å²) >= 11 is 5.94. The minimum Gasteiger partial charge on any atom is -0.347 e. The molecule has 1 amide bonds. The second-order valence-corrected chi connectivity index (χ2v) is 7.43. The molecule has 0 bridgehead atoms. The van der Waals surface area contributed by atoms with Crippen LogP contribution in [0.1, 0.15) is 34.8 Å². The van der Waals surface area contributed by atoms with Crippen LogP contribution >= 0.6 is 11.6 Å². The third-order valence-corrected chi connectivity index (χ3v) is 5.04. The van der Waals surface area contributed by atoms with Crippen LogP contribution in [0, 0.1) is 6.92 Å². The molecular weight excluding hydrogens is 402 g/mol. The van der Waals surface area contributed by atoms with E-state index in [1.165, 1.54) is 0 Å². The Morgan fingerprint density at radius 1 is 1.17 bits per heavy atom. The van der Waals surface area contributed by atoms with Crippen molar-refractivity contribution in [2.75, 3.05) is 6.54 Å². The van der Waals surface area contributed by atoms with Gasteiger partial charge in [-0.2, -0.15) is 10.1 Å². The van der Waals surface area contributed by atoms with Gasteiger partial charge in [-0.1, -0.05) is 54.0 Å². The van der Waals surface area contributed by atoms with E-state index >= 15 is 0 Å². The van der Waals surface area contributed by atoms with Crippen molar-refractivity contribution in [1.29, 1.82) is 0 Å². The maximum absolute atomic E-state index is 12.4. The van der Waals surface area contributed by atoms with Crippen LogP contribution in [0.3, 0.4) is 0 Å². The van der Waals surface area contributed by atoms with E-state index in [1.807, 2.05) is 56.3 Å². The lowest BCUT2D eigenvalue weighted by atomic mass is 10.0. The number of hydrogen-bond acceptors (Lipinski definition) is 5. The van der Waals surface area contributed by atoms with Crippen molar-refractivity contribution in [3.05, 3.63) is 83.0 Å². The molecule has 1 atom stereocenters. The number of amides is 1. The Hall–Kier alpha value is -3.45. The highest BCUT2D eigenvalue weighted by Gasteiger charge is 2.20. The molecule has 152 valence electrons. The molecule has 0 spiro atoms. The predicted octanol–water partition coefficient (Wildman–Crippen LogP) is 4.42. The van der Waals surface area contributed by atoms with Gasteiger partial charge in [0.05, 0.1) is 16.9 Å². The average Bonchev–Trinajstić information content (AvgIpc) is 3.40. The lowest BCUT2D eigenvalue weighted by molar-refractivity contribution is 0.0908. The van der Waals surface area contributed by atoms with Crippen LogP contribution < -0.4 is 5.32 Å². The molecule has 0 aliphatic rings. The van der Waals surface area contributed by atoms with E-state index in [0.29, 0.717) is 23.0 Å². The second kappa shape index (κ2) is 8.51. The highest BCUT2D eigenvalue weighted by molar-refractivity contribution is 6.30. The predicted molar refractivity (Wildman–Crippen MR) is 114 cm³/mol. The fourth-order valence-electron chi connectivity index (χ4n) is 3.05. The summed E-state index contributed by atoms with van der Waals surface area (Å²) in [6.07, 6.45) is 1.79. The Bertz CT molecular complexity index is 1150. The van der Waals surface area contributed by atoms with Gasteiger partial charge in [0, 0.05) is 17.8 Å². The van der Waals surface area contributed by atoms with Gasteiger partial charge in [-0.05, 0) is 42.7 Å². The summed E-state index contributed by atoms with van der Waals surface area (Å²) < 4.78 is 6.88. The molecule has 0 aliphatic heterocycles. The molecule has 8 heteroatoms. The van der Waals surface area contributed by atoms with Crippen LogP contribution in [0.25, 0.3) is 17.1 Å². The molecule has 7 nitrogen and oxygen atoms in total. The topological polar surface area (TPSA) is 85.8 Å². The molecule has 0 unspecified atom stereocenters. The molecule has 2 heterocycles. The average molecular weight is 422 g/mol. The zero-order chi connectivity index (χ0) is 21.1. The van der Waals surface area contributed by atoms with Gasteiger partial charge < -0.3 is 9.84 Å². The van der Waals surface area contributed by atoms with Crippen LogP contribution in [0.4, 0.5) is 0 Å². The largest absolute Gasteiger partial charge is 0.347 e. The third kappa shape index (κ3) is 4.26. The monoisotopic (exact) mass is 421 g/mol. The number of hydrogen-bond donors (Lipinski definition) is 1. The number of carbonyl (C=O) groups excluding carboxylic acids is 1. The molecule has 4 aromatic rings. The zero-order valence-corrected chi connectivity index (χ0v) is 17.3. The van der Waals surface area contributed by atoms with E-state index < -0.39 is 5.91 Å². The second-order valence-electron chi connectivity index (χ2n) is 6.99. The van der Waals surface area contributed by atoms with Crippen molar-refractivity contribution in [3.8, 4) is 17.1 Å². The van der Waals surface area contributed by atoms with E-state index in [-0.39, 0.29) is 11.8 Å². The van der Waals surface area contributed by atoms with Crippen molar-refractivity contribution >= 4 is 17.5 Å². The smallest absolute Gasteiger partial charge is 0.316 e. The van der Waals surface area contributed by atoms with Crippen LogP contribution in [-0.4, -0.2) is 32.4 Å². The van der Waals surface area contributed by atoms with Gasteiger partial charge in [0.2, 0.25) is 5.82 Å². The van der Waals surface area contributed by atoms with E-state index in [2.05, 4.69) is 20.6 Å². The van der Waals surface area contributed by atoms with Crippen LogP contribution in [0.15, 0.2) is 65.3 Å². The number of halogens is 1. The van der Waals surface area contributed by atoms with Crippen molar-refractivity contribution < 1.29 is 9.32 Å². The van der Waals surface area contributed by atoms with Crippen LogP contribution in [0.5, 0.6) is 0 Å². The van der Waals surface area contributed by atoms with Gasteiger partial charge in [-0.25, -0.2) is 4.68 Å². The Kier molecular flexibility index (Phi) is 5.63. The summed E-state index contributed by atoms with van der Waals surface area (Å²) in [6, 6.07) is 17.3. The first kappa shape index (κ1) is 19.8. The fraction of sp³-hybridized carbons (Fsp3) is 0.182. The minimum absolute atomic E-state index is 0.0797. The third-order valence-electron chi connectivity index (χ3n) is 4.79. The number of benzene rings is 2. The lowest BCUT2D eigenvalue weighted by Crippen LogP contribution is -2.27. The summed E-state index contributed by atoms with van der Waals surface area (Å²) in [5.41, 5.74) is 3.40. The first-order valence-electron chi connectivity index (χ1n) is 9.50. The Morgan fingerprint density at radius 3 is 2.63 bits per heavy atom. The Morgan fingerprint density at radius 2 is 1.90 bits per heavy atom. The minimum atomic E-state index is -0.403. The molecule has 2 aromatic heterocycles. The molecule has 0 radical (unpaired) electrons. The van der Waals surface area contributed by atoms with Crippen molar-refractivity contribution in [2.24, 2.45) is 0 Å². The highest BCUT2D eigenvalue weighted by Crippen LogP contribution is 2.22. The van der Waals surface area contributed by atoms with Crippen LogP contribution in [0.2, 0.25) is 5.02 Å². The van der Waals surface area contributed by atoms with Crippen molar-refractivity contribution in [1.82, 2.24) is 25.2 Å². The van der Waals surface area contributed by atoms with Crippen molar-refractivity contribution in [3.63, 3.8) is 0 Å². The molecule has 0 fully saturated rings. The number of aryl methyl sites for hydroxylation is 1. The van der Waals surface area contributed by atoms with Crippen LogP contribution in [-0.2, 0) is 0 Å². The SMILES string of the molecule is Cc1nn(-c2ccc(Cl)cc2)cc1-c1noc(C(=O)NC[C@@H](C)c2ccccc2)n1. The van der Waals surface area contributed by atoms with Gasteiger partial charge in [0.1, 0.15) is 0 Å². The Balaban J connectivity index is 1.46. The van der Waals surface area contributed by atoms with Gasteiger partial charge in [-0.15, -0.1) is 0 Å².